The molecular formula is C14H22FN3O. The number of nitrogens with one attached hydrogen (secondary N) is 1. The lowest BCUT2D eigenvalue weighted by atomic mass is 10.1. The number of rotatable bonds is 7. The van der Waals surface area contributed by atoms with E-state index in [4.69, 9.17) is 15.9 Å². The lowest BCUT2D eigenvalue weighted by Gasteiger charge is -2.23. The maximum atomic E-state index is 13.6. The molecule has 0 saturated carbocycles. The Morgan fingerprint density at radius 2 is 2.21 bits per heavy atom. The number of benzene rings is 1. The number of methoxy groups -OCH3 is 1. The van der Waals surface area contributed by atoms with E-state index in [1.165, 1.54) is 13.2 Å². The monoisotopic (exact) mass is 267 g/mol. The topological polar surface area (TPSA) is 62.3 Å². The van der Waals surface area contributed by atoms with E-state index in [2.05, 4.69) is 4.90 Å². The van der Waals surface area contributed by atoms with E-state index in [0.717, 1.165) is 12.1 Å². The molecule has 4 nitrogen and oxygen atoms in total. The van der Waals surface area contributed by atoms with Crippen LogP contribution in [0.1, 0.15) is 19.4 Å². The largest absolute Gasteiger partial charge is 0.494 e. The standard InChI is InChI=1S/C14H22FN3O/c1-4-18(8-10(2)14(16)17)9-11-5-6-13(19-3)12(15)7-11/h5-7,10H,4,8-9H2,1-3H3,(H3,16,17). The van der Waals surface area contributed by atoms with Crippen LogP contribution in [0.15, 0.2) is 18.2 Å². The second-order valence-corrected chi connectivity index (χ2v) is 4.65. The molecule has 0 spiro atoms. The number of hydrogen-bond donors (Lipinski definition) is 2. The number of hydrogen-bond acceptors (Lipinski definition) is 3. The average Bonchev–Trinajstić information content (AvgIpc) is 2.37. The van der Waals surface area contributed by atoms with Crippen molar-refractivity contribution in [3.05, 3.63) is 29.6 Å². The van der Waals surface area contributed by atoms with Gasteiger partial charge in [-0.2, -0.15) is 0 Å². The molecule has 0 aliphatic carbocycles. The summed E-state index contributed by atoms with van der Waals surface area (Å²) in [6, 6.07) is 4.97. The summed E-state index contributed by atoms with van der Waals surface area (Å²) in [4.78, 5) is 2.13. The Labute approximate surface area is 113 Å². The summed E-state index contributed by atoms with van der Waals surface area (Å²) in [5.74, 6) is 0.0852. The van der Waals surface area contributed by atoms with Crippen molar-refractivity contribution in [2.45, 2.75) is 20.4 Å². The molecule has 0 saturated heterocycles. The minimum atomic E-state index is -0.351. The van der Waals surface area contributed by atoms with E-state index in [1.54, 1.807) is 6.07 Å². The molecule has 0 aromatic heterocycles. The Kier molecular flexibility index (Phi) is 5.76. The van der Waals surface area contributed by atoms with Gasteiger partial charge in [0.2, 0.25) is 0 Å². The first-order valence-electron chi connectivity index (χ1n) is 6.36. The van der Waals surface area contributed by atoms with Gasteiger partial charge in [0.25, 0.3) is 0 Å². The SMILES string of the molecule is CCN(Cc1ccc(OC)c(F)c1)CC(C)C(=N)N. The van der Waals surface area contributed by atoms with Gasteiger partial charge in [0.1, 0.15) is 0 Å². The lowest BCUT2D eigenvalue weighted by molar-refractivity contribution is 0.262. The van der Waals surface area contributed by atoms with E-state index >= 15 is 0 Å². The Morgan fingerprint density at radius 1 is 1.53 bits per heavy atom. The second kappa shape index (κ2) is 7.09. The molecule has 1 aromatic carbocycles. The highest BCUT2D eigenvalue weighted by Crippen LogP contribution is 2.18. The van der Waals surface area contributed by atoms with Crippen LogP contribution in [-0.2, 0) is 6.54 Å². The molecule has 0 fully saturated rings. The van der Waals surface area contributed by atoms with Crippen LogP contribution in [-0.4, -0.2) is 30.9 Å². The fraction of sp³-hybridized carbons (Fsp3) is 0.500. The predicted molar refractivity (Wildman–Crippen MR) is 75.0 cm³/mol. The number of amidine groups is 1. The van der Waals surface area contributed by atoms with Crippen LogP contribution in [0, 0.1) is 17.1 Å². The highest BCUT2D eigenvalue weighted by Gasteiger charge is 2.12. The zero-order chi connectivity index (χ0) is 14.4. The van der Waals surface area contributed by atoms with Gasteiger partial charge in [-0.25, -0.2) is 4.39 Å². The summed E-state index contributed by atoms with van der Waals surface area (Å²) in [5, 5.41) is 7.41. The molecule has 1 unspecified atom stereocenters. The molecule has 106 valence electrons. The fourth-order valence-electron chi connectivity index (χ4n) is 1.86. The summed E-state index contributed by atoms with van der Waals surface area (Å²) in [7, 11) is 1.45. The minimum Gasteiger partial charge on any atom is -0.494 e. The van der Waals surface area contributed by atoms with E-state index in [-0.39, 0.29) is 23.3 Å². The molecule has 5 heteroatoms. The third-order valence-corrected chi connectivity index (χ3v) is 3.13. The molecule has 19 heavy (non-hydrogen) atoms. The molecule has 0 aliphatic rings. The maximum Gasteiger partial charge on any atom is 0.165 e. The first kappa shape index (κ1) is 15.4. The Bertz CT molecular complexity index is 437. The average molecular weight is 267 g/mol. The Morgan fingerprint density at radius 3 is 2.68 bits per heavy atom. The summed E-state index contributed by atoms with van der Waals surface area (Å²) in [6.45, 7) is 6.10. The highest BCUT2D eigenvalue weighted by molar-refractivity contribution is 5.79. The van der Waals surface area contributed by atoms with Gasteiger partial charge in [-0.05, 0) is 24.2 Å². The molecule has 1 atom stereocenters. The van der Waals surface area contributed by atoms with E-state index in [0.29, 0.717) is 13.1 Å². The van der Waals surface area contributed by atoms with Crippen molar-refractivity contribution < 1.29 is 9.13 Å². The van der Waals surface area contributed by atoms with Crippen LogP contribution in [0.25, 0.3) is 0 Å². The van der Waals surface area contributed by atoms with Gasteiger partial charge < -0.3 is 10.5 Å². The van der Waals surface area contributed by atoms with Crippen molar-refractivity contribution in [3.8, 4) is 5.75 Å². The van der Waals surface area contributed by atoms with Crippen LogP contribution in [0.3, 0.4) is 0 Å². The molecule has 1 rings (SSSR count). The Hall–Kier alpha value is -1.62. The third-order valence-electron chi connectivity index (χ3n) is 3.13. The zero-order valence-electron chi connectivity index (χ0n) is 11.7. The zero-order valence-corrected chi connectivity index (χ0v) is 11.7. The Balaban J connectivity index is 2.70. The van der Waals surface area contributed by atoms with E-state index in [1.807, 2.05) is 19.9 Å². The second-order valence-electron chi connectivity index (χ2n) is 4.65. The first-order chi connectivity index (χ1) is 8.97. The molecule has 3 N–H and O–H groups in total. The predicted octanol–water partition coefficient (Wildman–Crippen LogP) is 2.23. The number of nitrogens with two attached hydrogens (primary N) is 1. The molecule has 0 amide bonds. The van der Waals surface area contributed by atoms with Gasteiger partial charge in [-0.15, -0.1) is 0 Å². The normalized spacial score (nSPS) is 12.5. The molecule has 0 radical (unpaired) electrons. The number of nitrogens with zero attached hydrogens (tertiary/aromatic N) is 1. The van der Waals surface area contributed by atoms with Gasteiger partial charge in [0.05, 0.1) is 12.9 Å². The lowest BCUT2D eigenvalue weighted by Crippen LogP contribution is -2.34. The van der Waals surface area contributed by atoms with Crippen molar-refractivity contribution in [2.24, 2.45) is 11.7 Å². The molecular weight excluding hydrogens is 245 g/mol. The summed E-state index contributed by atoms with van der Waals surface area (Å²) < 4.78 is 18.5. The fourth-order valence-corrected chi connectivity index (χ4v) is 1.86. The van der Waals surface area contributed by atoms with Crippen LogP contribution in [0.4, 0.5) is 4.39 Å². The number of ether oxygens (including phenoxy) is 1. The van der Waals surface area contributed by atoms with Gasteiger partial charge in [0, 0.05) is 19.0 Å². The quantitative estimate of drug-likeness (QED) is 0.588. The van der Waals surface area contributed by atoms with E-state index in [9.17, 15) is 4.39 Å². The minimum absolute atomic E-state index is 0.00282. The first-order valence-corrected chi connectivity index (χ1v) is 6.36. The molecule has 0 heterocycles. The summed E-state index contributed by atoms with van der Waals surface area (Å²) in [5.41, 5.74) is 6.36. The van der Waals surface area contributed by atoms with E-state index < -0.39 is 0 Å². The van der Waals surface area contributed by atoms with Crippen LogP contribution in [0.2, 0.25) is 0 Å². The van der Waals surface area contributed by atoms with Gasteiger partial charge in [0.15, 0.2) is 11.6 Å². The highest BCUT2D eigenvalue weighted by atomic mass is 19.1. The van der Waals surface area contributed by atoms with Crippen molar-refractivity contribution in [2.75, 3.05) is 20.2 Å². The van der Waals surface area contributed by atoms with Crippen LogP contribution >= 0.6 is 0 Å². The van der Waals surface area contributed by atoms with Crippen LogP contribution < -0.4 is 10.5 Å². The van der Waals surface area contributed by atoms with Gasteiger partial charge in [-0.1, -0.05) is 19.9 Å². The third kappa shape index (κ3) is 4.52. The van der Waals surface area contributed by atoms with Crippen LogP contribution in [0.5, 0.6) is 5.75 Å². The molecule has 0 aliphatic heterocycles. The molecule has 0 bridgehead atoms. The van der Waals surface area contributed by atoms with Crippen molar-refractivity contribution in [1.29, 1.82) is 5.41 Å². The summed E-state index contributed by atoms with van der Waals surface area (Å²) in [6.07, 6.45) is 0. The van der Waals surface area contributed by atoms with Crippen molar-refractivity contribution in [3.63, 3.8) is 0 Å². The molecule has 1 aromatic rings. The maximum absolute atomic E-state index is 13.6. The van der Waals surface area contributed by atoms with Crippen molar-refractivity contribution >= 4 is 5.84 Å². The number of halogens is 1. The van der Waals surface area contributed by atoms with Crippen molar-refractivity contribution in [1.82, 2.24) is 4.90 Å². The smallest absolute Gasteiger partial charge is 0.165 e. The van der Waals surface area contributed by atoms with Gasteiger partial charge >= 0.3 is 0 Å². The summed E-state index contributed by atoms with van der Waals surface area (Å²) >= 11 is 0. The van der Waals surface area contributed by atoms with Gasteiger partial charge in [-0.3, -0.25) is 10.3 Å².